The van der Waals surface area contributed by atoms with Gasteiger partial charge in [0, 0.05) is 6.42 Å². The molecule has 0 atom stereocenters. The van der Waals surface area contributed by atoms with E-state index in [1.807, 2.05) is 0 Å². The van der Waals surface area contributed by atoms with Crippen molar-refractivity contribution in [3.63, 3.8) is 0 Å². The second-order valence-corrected chi connectivity index (χ2v) is 10.3. The minimum absolute atomic E-state index is 0.135. The lowest BCUT2D eigenvalue weighted by atomic mass is 9.81. The molecule has 0 spiro atoms. The number of hydrogen-bond donors (Lipinski definition) is 0. The summed E-state index contributed by atoms with van der Waals surface area (Å²) >= 11 is 0. The van der Waals surface area contributed by atoms with Crippen molar-refractivity contribution in [2.24, 2.45) is 0 Å². The summed E-state index contributed by atoms with van der Waals surface area (Å²) in [5.74, 6) is 0. The topological polar surface area (TPSA) is 0 Å². The molecule has 2 aliphatic rings. The van der Waals surface area contributed by atoms with E-state index in [4.69, 9.17) is 0 Å². The van der Waals surface area contributed by atoms with Crippen LogP contribution in [0, 0.1) is 6.42 Å². The maximum Gasteiger partial charge on any atom is 0.0218 e. The van der Waals surface area contributed by atoms with Crippen molar-refractivity contribution in [3.8, 4) is 11.1 Å². The Morgan fingerprint density at radius 1 is 0.741 bits per heavy atom. The highest BCUT2D eigenvalue weighted by Gasteiger charge is 2.28. The standard InChI is InChI=1S/C27H31/c1-17-8-9-18(12-17)23-15-21(27(5,6)7)16-25-22-14-20(26(2,3)4)11-10-19(22)13-24(23)25/h8,10-16H,9H2,1-7H3. The van der Waals surface area contributed by atoms with E-state index in [-0.39, 0.29) is 10.8 Å². The second kappa shape index (κ2) is 5.96. The molecule has 0 fully saturated rings. The molecule has 4 rings (SSSR count). The fourth-order valence-electron chi connectivity index (χ4n) is 4.12. The van der Waals surface area contributed by atoms with Gasteiger partial charge in [0.2, 0.25) is 0 Å². The molecule has 2 aromatic rings. The summed E-state index contributed by atoms with van der Waals surface area (Å²) in [5.41, 5.74) is 12.9. The van der Waals surface area contributed by atoms with Crippen molar-refractivity contribution in [3.05, 3.63) is 82.3 Å². The summed E-state index contributed by atoms with van der Waals surface area (Å²) < 4.78 is 0. The molecule has 0 aliphatic heterocycles. The number of allylic oxidation sites excluding steroid dienone is 4. The van der Waals surface area contributed by atoms with Crippen LogP contribution >= 0.6 is 0 Å². The van der Waals surface area contributed by atoms with E-state index in [9.17, 15) is 0 Å². The molecule has 139 valence electrons. The minimum Gasteiger partial charge on any atom is -0.0772 e. The van der Waals surface area contributed by atoms with E-state index in [1.54, 1.807) is 0 Å². The summed E-state index contributed by atoms with van der Waals surface area (Å²) in [4.78, 5) is 0. The fraction of sp³-hybridized carbons (Fsp3) is 0.370. The van der Waals surface area contributed by atoms with Crippen molar-refractivity contribution < 1.29 is 0 Å². The van der Waals surface area contributed by atoms with Crippen LogP contribution < -0.4 is 0 Å². The van der Waals surface area contributed by atoms with Crippen LogP contribution in [0.1, 0.15) is 82.7 Å². The third kappa shape index (κ3) is 3.20. The Bertz CT molecular complexity index is 982. The molecule has 0 heterocycles. The van der Waals surface area contributed by atoms with Crippen LogP contribution in [-0.4, -0.2) is 0 Å². The molecule has 2 aromatic carbocycles. The van der Waals surface area contributed by atoms with Crippen LogP contribution in [0.2, 0.25) is 0 Å². The van der Waals surface area contributed by atoms with Gasteiger partial charge in [-0.15, -0.1) is 0 Å². The predicted molar refractivity (Wildman–Crippen MR) is 118 cm³/mol. The van der Waals surface area contributed by atoms with E-state index in [2.05, 4.69) is 97.4 Å². The van der Waals surface area contributed by atoms with Crippen molar-refractivity contribution >= 4 is 5.57 Å². The monoisotopic (exact) mass is 355 g/mol. The molecule has 2 aliphatic carbocycles. The van der Waals surface area contributed by atoms with Gasteiger partial charge in [-0.2, -0.15) is 0 Å². The lowest BCUT2D eigenvalue weighted by Gasteiger charge is -2.23. The van der Waals surface area contributed by atoms with Crippen LogP contribution in [0.3, 0.4) is 0 Å². The normalized spacial score (nSPS) is 16.1. The summed E-state index contributed by atoms with van der Waals surface area (Å²) in [6, 6.07) is 11.9. The van der Waals surface area contributed by atoms with E-state index >= 15 is 0 Å². The third-order valence-electron chi connectivity index (χ3n) is 5.95. The average Bonchev–Trinajstić information content (AvgIpc) is 3.15. The Kier molecular flexibility index (Phi) is 4.04. The molecule has 0 saturated carbocycles. The Hall–Kier alpha value is -2.08. The summed E-state index contributed by atoms with van der Waals surface area (Å²) in [5, 5.41) is 0. The molecule has 0 nitrogen and oxygen atoms in total. The van der Waals surface area contributed by atoms with Gasteiger partial charge < -0.3 is 0 Å². The van der Waals surface area contributed by atoms with Gasteiger partial charge in [-0.05, 0) is 68.7 Å². The lowest BCUT2D eigenvalue weighted by molar-refractivity contribution is 0.589. The molecule has 0 N–H and O–H groups in total. The molecular formula is C27H31. The minimum atomic E-state index is 0.135. The Morgan fingerprint density at radius 2 is 1.37 bits per heavy atom. The lowest BCUT2D eigenvalue weighted by Crippen LogP contribution is -2.12. The highest BCUT2D eigenvalue weighted by Crippen LogP contribution is 2.46. The zero-order valence-electron chi connectivity index (χ0n) is 17.8. The van der Waals surface area contributed by atoms with Crippen molar-refractivity contribution in [1.29, 1.82) is 0 Å². The van der Waals surface area contributed by atoms with Crippen molar-refractivity contribution in [1.82, 2.24) is 0 Å². The van der Waals surface area contributed by atoms with Gasteiger partial charge in [-0.25, -0.2) is 0 Å². The smallest absolute Gasteiger partial charge is 0.0218 e. The van der Waals surface area contributed by atoms with Crippen LogP contribution in [0.25, 0.3) is 16.7 Å². The predicted octanol–water partition coefficient (Wildman–Crippen LogP) is 7.60. The van der Waals surface area contributed by atoms with E-state index in [1.165, 1.54) is 50.1 Å². The zero-order chi connectivity index (χ0) is 19.6. The number of hydrogen-bond acceptors (Lipinski definition) is 0. The van der Waals surface area contributed by atoms with Crippen LogP contribution in [0.15, 0.2) is 48.1 Å². The molecule has 0 heteroatoms. The molecular weight excluding hydrogens is 324 g/mol. The van der Waals surface area contributed by atoms with Crippen molar-refractivity contribution in [2.75, 3.05) is 0 Å². The van der Waals surface area contributed by atoms with Gasteiger partial charge in [-0.1, -0.05) is 89.6 Å². The number of benzene rings is 2. The van der Waals surface area contributed by atoms with Gasteiger partial charge in [-0.3, -0.25) is 0 Å². The first-order chi connectivity index (χ1) is 12.5. The van der Waals surface area contributed by atoms with Gasteiger partial charge in [0.1, 0.15) is 0 Å². The SMILES string of the molecule is CC1=CCC(c2cc(C(C)(C)C)cc3c2[CH]c2ccc(C(C)(C)C)cc2-3)=C1. The Morgan fingerprint density at radius 3 is 1.96 bits per heavy atom. The quantitative estimate of drug-likeness (QED) is 0.421. The average molecular weight is 356 g/mol. The van der Waals surface area contributed by atoms with Gasteiger partial charge in [0.15, 0.2) is 0 Å². The Labute approximate surface area is 165 Å². The van der Waals surface area contributed by atoms with Crippen LogP contribution in [0.5, 0.6) is 0 Å². The number of fused-ring (bicyclic) bond motifs is 3. The maximum atomic E-state index is 2.43. The van der Waals surface area contributed by atoms with E-state index < -0.39 is 0 Å². The number of rotatable bonds is 1. The molecule has 0 unspecified atom stereocenters. The first-order valence-corrected chi connectivity index (χ1v) is 10.1. The first kappa shape index (κ1) is 18.3. The summed E-state index contributed by atoms with van der Waals surface area (Å²) in [6.07, 6.45) is 8.14. The van der Waals surface area contributed by atoms with Crippen molar-refractivity contribution in [2.45, 2.75) is 65.7 Å². The first-order valence-electron chi connectivity index (χ1n) is 10.1. The molecule has 27 heavy (non-hydrogen) atoms. The Balaban J connectivity index is 1.94. The summed E-state index contributed by atoms with van der Waals surface area (Å²) in [7, 11) is 0. The fourth-order valence-corrected chi connectivity index (χ4v) is 4.12. The van der Waals surface area contributed by atoms with Gasteiger partial charge in [0.25, 0.3) is 0 Å². The van der Waals surface area contributed by atoms with Crippen LogP contribution in [-0.2, 0) is 10.8 Å². The largest absolute Gasteiger partial charge is 0.0772 e. The maximum absolute atomic E-state index is 2.43. The molecule has 1 radical (unpaired) electrons. The van der Waals surface area contributed by atoms with Gasteiger partial charge in [0.05, 0.1) is 0 Å². The van der Waals surface area contributed by atoms with E-state index in [0.717, 1.165) is 6.42 Å². The third-order valence-corrected chi connectivity index (χ3v) is 5.95. The van der Waals surface area contributed by atoms with Crippen LogP contribution in [0.4, 0.5) is 0 Å². The summed E-state index contributed by atoms with van der Waals surface area (Å²) in [6.45, 7) is 16.0. The van der Waals surface area contributed by atoms with Gasteiger partial charge >= 0.3 is 0 Å². The second-order valence-electron chi connectivity index (χ2n) is 10.3. The molecule has 0 aromatic heterocycles. The molecule has 0 amide bonds. The molecule has 0 saturated heterocycles. The van der Waals surface area contributed by atoms with E-state index in [0.29, 0.717) is 0 Å². The highest BCUT2D eigenvalue weighted by molar-refractivity contribution is 5.89. The highest BCUT2D eigenvalue weighted by atomic mass is 14.3. The molecule has 0 bridgehead atoms. The zero-order valence-corrected chi connectivity index (χ0v) is 17.8.